The zero-order valence-electron chi connectivity index (χ0n) is 9.11. The zero-order chi connectivity index (χ0) is 10.8. The SMILES string of the molecule is CC(C)n1cc(C(C)(C)NC=O)cn1. The third-order valence-corrected chi connectivity index (χ3v) is 2.27. The van der Waals surface area contributed by atoms with Gasteiger partial charge in [0.1, 0.15) is 0 Å². The van der Waals surface area contributed by atoms with Crippen LogP contribution in [0.2, 0.25) is 0 Å². The number of nitrogens with one attached hydrogen (secondary N) is 1. The van der Waals surface area contributed by atoms with Gasteiger partial charge in [-0.2, -0.15) is 5.10 Å². The fourth-order valence-electron chi connectivity index (χ4n) is 1.17. The molecule has 0 aliphatic carbocycles. The van der Waals surface area contributed by atoms with Crippen LogP contribution in [-0.4, -0.2) is 16.2 Å². The van der Waals surface area contributed by atoms with Crippen molar-refractivity contribution in [2.24, 2.45) is 0 Å². The summed E-state index contributed by atoms with van der Waals surface area (Å²) in [5.74, 6) is 0. The fourth-order valence-corrected chi connectivity index (χ4v) is 1.17. The van der Waals surface area contributed by atoms with E-state index in [0.29, 0.717) is 12.5 Å². The number of hydrogen-bond acceptors (Lipinski definition) is 2. The van der Waals surface area contributed by atoms with Crippen molar-refractivity contribution in [3.63, 3.8) is 0 Å². The van der Waals surface area contributed by atoms with Gasteiger partial charge in [0, 0.05) is 17.8 Å². The minimum Gasteiger partial charge on any atom is -0.350 e. The Morgan fingerprint density at radius 3 is 2.64 bits per heavy atom. The molecule has 0 unspecified atom stereocenters. The molecule has 4 heteroatoms. The molecule has 0 saturated carbocycles. The molecule has 1 aromatic heterocycles. The summed E-state index contributed by atoms with van der Waals surface area (Å²) in [4.78, 5) is 10.4. The maximum Gasteiger partial charge on any atom is 0.207 e. The van der Waals surface area contributed by atoms with Gasteiger partial charge in [0.2, 0.25) is 6.41 Å². The van der Waals surface area contributed by atoms with E-state index in [2.05, 4.69) is 24.3 Å². The summed E-state index contributed by atoms with van der Waals surface area (Å²) < 4.78 is 1.88. The normalized spacial score (nSPS) is 11.8. The van der Waals surface area contributed by atoms with E-state index in [9.17, 15) is 4.79 Å². The van der Waals surface area contributed by atoms with Crippen molar-refractivity contribution < 1.29 is 4.79 Å². The summed E-state index contributed by atoms with van der Waals surface area (Å²) in [6.45, 7) is 8.03. The van der Waals surface area contributed by atoms with E-state index in [1.807, 2.05) is 24.7 Å². The smallest absolute Gasteiger partial charge is 0.207 e. The quantitative estimate of drug-likeness (QED) is 0.739. The first-order valence-electron chi connectivity index (χ1n) is 4.73. The molecule has 1 N–H and O–H groups in total. The summed E-state index contributed by atoms with van der Waals surface area (Å²) in [6.07, 6.45) is 4.46. The largest absolute Gasteiger partial charge is 0.350 e. The van der Waals surface area contributed by atoms with Crippen molar-refractivity contribution >= 4 is 6.41 Å². The zero-order valence-corrected chi connectivity index (χ0v) is 9.11. The lowest BCUT2D eigenvalue weighted by Gasteiger charge is -2.21. The monoisotopic (exact) mass is 195 g/mol. The predicted octanol–water partition coefficient (Wildman–Crippen LogP) is 1.45. The summed E-state index contributed by atoms with van der Waals surface area (Å²) in [6, 6.07) is 0.343. The lowest BCUT2D eigenvalue weighted by molar-refractivity contribution is -0.111. The molecule has 1 rings (SSSR count). The van der Waals surface area contributed by atoms with Gasteiger partial charge in [-0.25, -0.2) is 0 Å². The Morgan fingerprint density at radius 1 is 1.57 bits per heavy atom. The molecule has 0 atom stereocenters. The first-order valence-corrected chi connectivity index (χ1v) is 4.73. The molecule has 0 aromatic carbocycles. The Kier molecular flexibility index (Phi) is 2.93. The Labute approximate surface area is 84.3 Å². The number of aromatic nitrogens is 2. The van der Waals surface area contributed by atoms with E-state index in [4.69, 9.17) is 0 Å². The van der Waals surface area contributed by atoms with Crippen LogP contribution in [0.4, 0.5) is 0 Å². The molecule has 78 valence electrons. The molecule has 0 fully saturated rings. The van der Waals surface area contributed by atoms with Crippen LogP contribution in [-0.2, 0) is 10.3 Å². The Balaban J connectivity index is 2.90. The summed E-state index contributed by atoms with van der Waals surface area (Å²) in [7, 11) is 0. The van der Waals surface area contributed by atoms with Gasteiger partial charge in [-0.3, -0.25) is 9.48 Å². The molecule has 4 nitrogen and oxygen atoms in total. The number of rotatable bonds is 4. The highest BCUT2D eigenvalue weighted by atomic mass is 16.1. The van der Waals surface area contributed by atoms with Gasteiger partial charge in [0.15, 0.2) is 0 Å². The topological polar surface area (TPSA) is 46.9 Å². The number of nitrogens with zero attached hydrogens (tertiary/aromatic N) is 2. The van der Waals surface area contributed by atoms with E-state index < -0.39 is 0 Å². The van der Waals surface area contributed by atoms with Crippen LogP contribution >= 0.6 is 0 Å². The summed E-state index contributed by atoms with van der Waals surface area (Å²) in [5.41, 5.74) is 0.660. The molecule has 1 amide bonds. The first-order chi connectivity index (χ1) is 6.47. The number of carbonyl (C=O) groups is 1. The molecule has 0 aliphatic heterocycles. The maximum absolute atomic E-state index is 10.4. The van der Waals surface area contributed by atoms with Gasteiger partial charge in [-0.05, 0) is 27.7 Å². The lowest BCUT2D eigenvalue weighted by atomic mass is 9.98. The van der Waals surface area contributed by atoms with Crippen LogP contribution in [0.5, 0.6) is 0 Å². The van der Waals surface area contributed by atoms with Crippen LogP contribution in [0.1, 0.15) is 39.3 Å². The van der Waals surface area contributed by atoms with Crippen LogP contribution < -0.4 is 5.32 Å². The highest BCUT2D eigenvalue weighted by molar-refractivity contribution is 5.48. The summed E-state index contributed by atoms with van der Waals surface area (Å²) >= 11 is 0. The van der Waals surface area contributed by atoms with Crippen molar-refractivity contribution in [2.45, 2.75) is 39.3 Å². The molecule has 0 spiro atoms. The Bertz CT molecular complexity index is 315. The second-order valence-corrected chi connectivity index (χ2v) is 4.19. The van der Waals surface area contributed by atoms with Crippen molar-refractivity contribution in [1.82, 2.24) is 15.1 Å². The van der Waals surface area contributed by atoms with E-state index >= 15 is 0 Å². The van der Waals surface area contributed by atoms with Gasteiger partial charge in [0.05, 0.1) is 11.7 Å². The number of amides is 1. The Hall–Kier alpha value is -1.32. The molecular weight excluding hydrogens is 178 g/mol. The van der Waals surface area contributed by atoms with Gasteiger partial charge < -0.3 is 5.32 Å². The standard InChI is InChI=1S/C10H17N3O/c1-8(2)13-6-9(5-12-13)10(3,4)11-7-14/h5-8H,1-4H3,(H,11,14). The highest BCUT2D eigenvalue weighted by Gasteiger charge is 2.21. The van der Waals surface area contributed by atoms with Gasteiger partial charge in [-0.15, -0.1) is 0 Å². The number of carbonyl (C=O) groups excluding carboxylic acids is 1. The van der Waals surface area contributed by atoms with Crippen LogP contribution in [0.15, 0.2) is 12.4 Å². The summed E-state index contributed by atoms with van der Waals surface area (Å²) in [5, 5.41) is 6.98. The average molecular weight is 195 g/mol. The molecule has 1 heterocycles. The Morgan fingerprint density at radius 2 is 2.21 bits per heavy atom. The number of hydrogen-bond donors (Lipinski definition) is 1. The van der Waals surface area contributed by atoms with Gasteiger partial charge in [0.25, 0.3) is 0 Å². The van der Waals surface area contributed by atoms with E-state index in [1.165, 1.54) is 0 Å². The van der Waals surface area contributed by atoms with Crippen LogP contribution in [0.25, 0.3) is 0 Å². The highest BCUT2D eigenvalue weighted by Crippen LogP contribution is 2.19. The third kappa shape index (κ3) is 2.13. The van der Waals surface area contributed by atoms with Crippen molar-refractivity contribution in [1.29, 1.82) is 0 Å². The second-order valence-electron chi connectivity index (χ2n) is 4.19. The molecule has 0 radical (unpaired) electrons. The minimum absolute atomic E-state index is 0.343. The maximum atomic E-state index is 10.4. The molecular formula is C10H17N3O. The molecule has 14 heavy (non-hydrogen) atoms. The predicted molar refractivity (Wildman–Crippen MR) is 54.8 cm³/mol. The van der Waals surface area contributed by atoms with Crippen molar-refractivity contribution in [3.8, 4) is 0 Å². The van der Waals surface area contributed by atoms with Crippen molar-refractivity contribution in [2.75, 3.05) is 0 Å². The third-order valence-electron chi connectivity index (χ3n) is 2.27. The van der Waals surface area contributed by atoms with Crippen LogP contribution in [0.3, 0.4) is 0 Å². The fraction of sp³-hybridized carbons (Fsp3) is 0.600. The van der Waals surface area contributed by atoms with Gasteiger partial charge >= 0.3 is 0 Å². The average Bonchev–Trinajstić information content (AvgIpc) is 2.51. The van der Waals surface area contributed by atoms with E-state index in [1.54, 1.807) is 6.20 Å². The molecule has 1 aromatic rings. The molecule has 0 bridgehead atoms. The second kappa shape index (κ2) is 3.82. The lowest BCUT2D eigenvalue weighted by Crippen LogP contribution is -2.34. The molecule has 0 saturated heterocycles. The van der Waals surface area contributed by atoms with E-state index in [-0.39, 0.29) is 5.54 Å². The van der Waals surface area contributed by atoms with Crippen molar-refractivity contribution in [3.05, 3.63) is 18.0 Å². The molecule has 0 aliphatic rings. The van der Waals surface area contributed by atoms with Gasteiger partial charge in [-0.1, -0.05) is 0 Å². The van der Waals surface area contributed by atoms with Crippen LogP contribution in [0, 0.1) is 0 Å². The minimum atomic E-state index is -0.352. The van der Waals surface area contributed by atoms with E-state index in [0.717, 1.165) is 5.56 Å². The first kappa shape index (κ1) is 10.8.